The number of hydrogen-bond donors (Lipinski definition) is 1. The zero-order valence-corrected chi connectivity index (χ0v) is 22.8. The van der Waals surface area contributed by atoms with Gasteiger partial charge >= 0.3 is 6.61 Å². The van der Waals surface area contributed by atoms with Crippen molar-refractivity contribution in [3.63, 3.8) is 0 Å². The fourth-order valence-electron chi connectivity index (χ4n) is 5.08. The molecule has 9 nitrogen and oxygen atoms in total. The van der Waals surface area contributed by atoms with E-state index in [1.54, 1.807) is 38.6 Å². The van der Waals surface area contributed by atoms with Gasteiger partial charge < -0.3 is 15.0 Å². The second kappa shape index (κ2) is 11.1. The second-order valence-corrected chi connectivity index (χ2v) is 10.6. The summed E-state index contributed by atoms with van der Waals surface area (Å²) in [5.74, 6) is 0.162. The molecule has 3 aromatic rings. The van der Waals surface area contributed by atoms with Gasteiger partial charge in [0, 0.05) is 44.4 Å². The fourth-order valence-corrected chi connectivity index (χ4v) is 5.08. The van der Waals surface area contributed by atoms with Gasteiger partial charge in [-0.25, -0.2) is 9.50 Å². The van der Waals surface area contributed by atoms with Crippen LogP contribution in [0, 0.1) is 11.8 Å². The van der Waals surface area contributed by atoms with Gasteiger partial charge in [0.2, 0.25) is 5.91 Å². The van der Waals surface area contributed by atoms with Gasteiger partial charge in [-0.1, -0.05) is 19.1 Å². The summed E-state index contributed by atoms with van der Waals surface area (Å²) in [7, 11) is 3.40. The molecule has 1 aliphatic heterocycles. The van der Waals surface area contributed by atoms with Crippen LogP contribution >= 0.6 is 0 Å². The lowest BCUT2D eigenvalue weighted by atomic mass is 9.88. The SMILES string of the molecule is CC1N=C(c2cc([C@@H]3C[C@H]3C)ccc2OC(F)F)C(NC(=O)c2cnn3cccnc23)=CC1CCC(=O)N(C)C. The highest BCUT2D eigenvalue weighted by molar-refractivity contribution is 6.17. The quantitative estimate of drug-likeness (QED) is 0.425. The van der Waals surface area contributed by atoms with Crippen LogP contribution in [0.2, 0.25) is 0 Å². The average molecular weight is 551 g/mol. The van der Waals surface area contributed by atoms with Crippen molar-refractivity contribution >= 4 is 23.2 Å². The maximum absolute atomic E-state index is 13.5. The first-order valence-electron chi connectivity index (χ1n) is 13.3. The second-order valence-electron chi connectivity index (χ2n) is 10.6. The lowest BCUT2D eigenvalue weighted by Gasteiger charge is -2.28. The molecule has 1 N–H and O–H groups in total. The Morgan fingerprint density at radius 2 is 2.02 bits per heavy atom. The monoisotopic (exact) mass is 550 g/mol. The summed E-state index contributed by atoms with van der Waals surface area (Å²) >= 11 is 0. The molecule has 210 valence electrons. The zero-order chi connectivity index (χ0) is 28.6. The Morgan fingerprint density at radius 1 is 1.25 bits per heavy atom. The molecule has 40 heavy (non-hydrogen) atoms. The summed E-state index contributed by atoms with van der Waals surface area (Å²) in [5, 5.41) is 7.13. The first-order valence-corrected chi connectivity index (χ1v) is 13.3. The van der Waals surface area contributed by atoms with Crippen LogP contribution in [0.3, 0.4) is 0 Å². The molecule has 1 aromatic carbocycles. The Balaban J connectivity index is 1.53. The van der Waals surface area contributed by atoms with Crippen molar-refractivity contribution in [2.24, 2.45) is 16.8 Å². The first-order chi connectivity index (χ1) is 19.1. The molecule has 2 aromatic heterocycles. The van der Waals surface area contributed by atoms with E-state index in [0.29, 0.717) is 47.3 Å². The molecule has 0 saturated heterocycles. The molecule has 0 bridgehead atoms. The van der Waals surface area contributed by atoms with E-state index >= 15 is 0 Å². The van der Waals surface area contributed by atoms with E-state index in [9.17, 15) is 18.4 Å². The fraction of sp³-hybridized carbons (Fsp3) is 0.414. The zero-order valence-electron chi connectivity index (χ0n) is 22.8. The van der Waals surface area contributed by atoms with Crippen molar-refractivity contribution in [2.45, 2.75) is 51.7 Å². The van der Waals surface area contributed by atoms with Crippen molar-refractivity contribution < 1.29 is 23.1 Å². The highest BCUT2D eigenvalue weighted by atomic mass is 19.3. The molecular formula is C29H32F2N6O3. The number of amides is 2. The number of allylic oxidation sites excluding steroid dienone is 1. The summed E-state index contributed by atoms with van der Waals surface area (Å²) in [4.78, 5) is 36.5. The number of nitrogens with zero attached hydrogens (tertiary/aromatic N) is 5. The van der Waals surface area contributed by atoms with E-state index in [4.69, 9.17) is 9.73 Å². The Hall–Kier alpha value is -4.15. The van der Waals surface area contributed by atoms with Gasteiger partial charge in [0.15, 0.2) is 5.65 Å². The average Bonchev–Trinajstić information content (AvgIpc) is 3.49. The predicted molar refractivity (Wildman–Crippen MR) is 146 cm³/mol. The van der Waals surface area contributed by atoms with Crippen molar-refractivity contribution in [1.82, 2.24) is 24.8 Å². The van der Waals surface area contributed by atoms with Crippen LogP contribution < -0.4 is 10.1 Å². The molecule has 3 heterocycles. The van der Waals surface area contributed by atoms with E-state index in [2.05, 4.69) is 22.3 Å². The number of carbonyl (C=O) groups excluding carboxylic acids is 2. The van der Waals surface area contributed by atoms with E-state index in [1.165, 1.54) is 15.6 Å². The number of alkyl halides is 2. The normalized spacial score (nSPS) is 22.1. The summed E-state index contributed by atoms with van der Waals surface area (Å²) in [5.41, 5.74) is 2.74. The molecule has 2 unspecified atom stereocenters. The lowest BCUT2D eigenvalue weighted by Crippen LogP contribution is -2.34. The first kappa shape index (κ1) is 27.4. The van der Waals surface area contributed by atoms with Crippen LogP contribution in [0.4, 0.5) is 8.78 Å². The standard InChI is InChI=1S/C29H32F2N6O3/c1-16-12-20(16)19-6-8-24(40-29(30)31)21(13-19)26-23(14-18(17(2)34-26)7-9-25(38)36(3)4)35-28(39)22-15-33-37-11-5-10-32-27(22)37/h5-6,8,10-11,13-18,20,29H,7,9,12H2,1-4H3,(H,35,39)/t16-,17?,18?,20-/m1/s1. The number of halogens is 2. The Kier molecular flexibility index (Phi) is 7.64. The minimum Gasteiger partial charge on any atom is -0.434 e. The van der Waals surface area contributed by atoms with Gasteiger partial charge in [0.05, 0.1) is 23.6 Å². The summed E-state index contributed by atoms with van der Waals surface area (Å²) < 4.78 is 33.2. The number of fused-ring (bicyclic) bond motifs is 1. The molecule has 1 fully saturated rings. The number of dihydropyridines is 1. The van der Waals surface area contributed by atoms with Gasteiger partial charge in [-0.15, -0.1) is 0 Å². The minimum atomic E-state index is -3.03. The van der Waals surface area contributed by atoms with Gasteiger partial charge in [-0.05, 0) is 55.4 Å². The Morgan fingerprint density at radius 3 is 2.73 bits per heavy atom. The molecule has 0 spiro atoms. The van der Waals surface area contributed by atoms with Gasteiger partial charge in [-0.3, -0.25) is 14.6 Å². The van der Waals surface area contributed by atoms with E-state index < -0.39 is 12.5 Å². The van der Waals surface area contributed by atoms with Crippen LogP contribution in [-0.4, -0.2) is 63.8 Å². The lowest BCUT2D eigenvalue weighted by molar-refractivity contribution is -0.128. The summed E-state index contributed by atoms with van der Waals surface area (Å²) in [6, 6.07) is 6.63. The van der Waals surface area contributed by atoms with E-state index in [1.807, 2.05) is 25.1 Å². The largest absolute Gasteiger partial charge is 0.434 e. The third-order valence-corrected chi connectivity index (χ3v) is 7.56. The highest BCUT2D eigenvalue weighted by Gasteiger charge is 2.35. The van der Waals surface area contributed by atoms with Crippen LogP contribution in [0.25, 0.3) is 5.65 Å². The molecule has 5 rings (SSSR count). The van der Waals surface area contributed by atoms with Crippen LogP contribution in [-0.2, 0) is 4.79 Å². The molecule has 4 atom stereocenters. The number of aromatic nitrogens is 3. The maximum atomic E-state index is 13.5. The smallest absolute Gasteiger partial charge is 0.387 e. The number of rotatable bonds is 9. The topological polar surface area (TPSA) is 101 Å². The molecule has 2 aliphatic rings. The van der Waals surface area contributed by atoms with Crippen molar-refractivity contribution in [3.8, 4) is 5.75 Å². The number of nitrogens with one attached hydrogen (secondary N) is 1. The molecule has 0 radical (unpaired) electrons. The van der Waals surface area contributed by atoms with Crippen molar-refractivity contribution in [3.05, 3.63) is 71.3 Å². The van der Waals surface area contributed by atoms with E-state index in [-0.39, 0.29) is 29.2 Å². The third-order valence-electron chi connectivity index (χ3n) is 7.56. The van der Waals surface area contributed by atoms with Gasteiger partial charge in [0.25, 0.3) is 5.91 Å². The van der Waals surface area contributed by atoms with Gasteiger partial charge in [-0.2, -0.15) is 13.9 Å². The number of aliphatic imine (C=N–C) groups is 1. The summed E-state index contributed by atoms with van der Waals surface area (Å²) in [6.07, 6.45) is 8.37. The number of carbonyl (C=O) groups is 2. The molecule has 2 amide bonds. The Labute approximate surface area is 230 Å². The van der Waals surface area contributed by atoms with Crippen molar-refractivity contribution in [1.29, 1.82) is 0 Å². The maximum Gasteiger partial charge on any atom is 0.387 e. The minimum absolute atomic E-state index is 0.0164. The third kappa shape index (κ3) is 5.73. The Bertz CT molecular complexity index is 1500. The van der Waals surface area contributed by atoms with Crippen LogP contribution in [0.15, 0.2) is 59.6 Å². The number of hydrogen-bond acceptors (Lipinski definition) is 6. The molecule has 1 aliphatic carbocycles. The highest BCUT2D eigenvalue weighted by Crippen LogP contribution is 2.48. The van der Waals surface area contributed by atoms with E-state index in [0.717, 1.165) is 12.0 Å². The summed E-state index contributed by atoms with van der Waals surface area (Å²) in [6.45, 7) is 1.03. The predicted octanol–water partition coefficient (Wildman–Crippen LogP) is 4.44. The van der Waals surface area contributed by atoms with Crippen molar-refractivity contribution in [2.75, 3.05) is 14.1 Å². The molecular weight excluding hydrogens is 518 g/mol. The van der Waals surface area contributed by atoms with Crippen LogP contribution in [0.5, 0.6) is 5.75 Å². The number of benzene rings is 1. The molecule has 1 saturated carbocycles. The molecule has 11 heteroatoms. The number of ether oxygens (including phenoxy) is 1. The van der Waals surface area contributed by atoms with Gasteiger partial charge in [0.1, 0.15) is 11.3 Å². The van der Waals surface area contributed by atoms with Crippen LogP contribution in [0.1, 0.15) is 60.5 Å².